The molecule has 0 aromatic heterocycles. The van der Waals surface area contributed by atoms with E-state index in [0.29, 0.717) is 6.04 Å². The van der Waals surface area contributed by atoms with Gasteiger partial charge >= 0.3 is 0 Å². The maximum atomic E-state index is 6.09. The molecule has 0 radical (unpaired) electrons. The van der Waals surface area contributed by atoms with Crippen molar-refractivity contribution in [1.82, 2.24) is 0 Å². The Labute approximate surface area is 124 Å². The summed E-state index contributed by atoms with van der Waals surface area (Å²) in [5, 5.41) is 3.70. The van der Waals surface area contributed by atoms with Crippen molar-refractivity contribution in [3.8, 4) is 0 Å². The van der Waals surface area contributed by atoms with Gasteiger partial charge in [0.25, 0.3) is 0 Å². The van der Waals surface area contributed by atoms with Crippen LogP contribution >= 0.6 is 15.9 Å². The van der Waals surface area contributed by atoms with Crippen LogP contribution in [-0.2, 0) is 4.74 Å². The van der Waals surface area contributed by atoms with Gasteiger partial charge in [0.1, 0.15) is 0 Å². The van der Waals surface area contributed by atoms with Gasteiger partial charge in [-0.25, -0.2) is 0 Å². The lowest BCUT2D eigenvalue weighted by atomic mass is 9.89. The predicted molar refractivity (Wildman–Crippen MR) is 82.7 cm³/mol. The number of halogens is 1. The molecule has 2 aliphatic rings. The van der Waals surface area contributed by atoms with E-state index in [1.54, 1.807) is 0 Å². The molecule has 2 nitrogen and oxygen atoms in total. The molecule has 19 heavy (non-hydrogen) atoms. The molecule has 1 unspecified atom stereocenters. The van der Waals surface area contributed by atoms with Gasteiger partial charge in [0.2, 0.25) is 0 Å². The Bertz CT molecular complexity index is 454. The second-order valence-corrected chi connectivity index (χ2v) is 6.91. The monoisotopic (exact) mass is 323 g/mol. The van der Waals surface area contributed by atoms with E-state index >= 15 is 0 Å². The van der Waals surface area contributed by atoms with Crippen LogP contribution in [0, 0.1) is 6.92 Å². The van der Waals surface area contributed by atoms with Gasteiger partial charge in [-0.3, -0.25) is 0 Å². The fourth-order valence-corrected chi connectivity index (χ4v) is 4.08. The van der Waals surface area contributed by atoms with E-state index in [1.807, 2.05) is 0 Å². The molecule has 0 amide bonds. The summed E-state index contributed by atoms with van der Waals surface area (Å²) in [7, 11) is 0. The SMILES string of the molecule is Cc1ccc(NC2CCOC3(CCCC3)C2)c(Br)c1. The molecule has 0 bridgehead atoms. The molecule has 1 saturated carbocycles. The first-order valence-corrected chi connectivity index (χ1v) is 8.13. The third-order valence-electron chi connectivity index (χ3n) is 4.49. The van der Waals surface area contributed by atoms with E-state index < -0.39 is 0 Å². The van der Waals surface area contributed by atoms with Gasteiger partial charge in [0.15, 0.2) is 0 Å². The molecule has 3 heteroatoms. The highest BCUT2D eigenvalue weighted by atomic mass is 79.9. The van der Waals surface area contributed by atoms with Crippen LogP contribution in [0.3, 0.4) is 0 Å². The van der Waals surface area contributed by atoms with Crippen LogP contribution in [0.2, 0.25) is 0 Å². The molecular formula is C16H22BrNO. The minimum atomic E-state index is 0.188. The summed E-state index contributed by atoms with van der Waals surface area (Å²) in [4.78, 5) is 0. The van der Waals surface area contributed by atoms with Crippen LogP contribution in [0.15, 0.2) is 22.7 Å². The van der Waals surface area contributed by atoms with E-state index in [4.69, 9.17) is 4.74 Å². The van der Waals surface area contributed by atoms with Crippen LogP contribution in [0.5, 0.6) is 0 Å². The number of benzene rings is 1. The van der Waals surface area contributed by atoms with Crippen molar-refractivity contribution in [3.05, 3.63) is 28.2 Å². The van der Waals surface area contributed by atoms with Gasteiger partial charge in [-0.05, 0) is 66.2 Å². The van der Waals surface area contributed by atoms with Crippen molar-refractivity contribution in [3.63, 3.8) is 0 Å². The molecule has 1 aromatic carbocycles. The zero-order valence-corrected chi connectivity index (χ0v) is 13.1. The summed E-state index contributed by atoms with van der Waals surface area (Å²) in [6.45, 7) is 3.03. The van der Waals surface area contributed by atoms with Gasteiger partial charge in [-0.1, -0.05) is 18.9 Å². The Balaban J connectivity index is 1.69. The van der Waals surface area contributed by atoms with Gasteiger partial charge < -0.3 is 10.1 Å². The zero-order chi connectivity index (χ0) is 13.3. The number of hydrogen-bond donors (Lipinski definition) is 1. The maximum absolute atomic E-state index is 6.09. The van der Waals surface area contributed by atoms with Crippen molar-refractivity contribution < 1.29 is 4.74 Å². The molecule has 1 atom stereocenters. The van der Waals surface area contributed by atoms with Crippen molar-refractivity contribution in [2.45, 2.75) is 57.1 Å². The number of nitrogens with one attached hydrogen (secondary N) is 1. The first kappa shape index (κ1) is 13.4. The summed E-state index contributed by atoms with van der Waals surface area (Å²) in [5.74, 6) is 0. The van der Waals surface area contributed by atoms with Crippen molar-refractivity contribution >= 4 is 21.6 Å². The standard InChI is InChI=1S/C16H22BrNO/c1-12-4-5-15(14(17)10-12)18-13-6-9-19-16(11-13)7-2-3-8-16/h4-5,10,13,18H,2-3,6-9,11H2,1H3. The first-order chi connectivity index (χ1) is 9.17. The minimum Gasteiger partial charge on any atom is -0.381 e. The molecule has 104 valence electrons. The fourth-order valence-electron chi connectivity index (χ4n) is 3.48. The molecule has 1 saturated heterocycles. The van der Waals surface area contributed by atoms with E-state index in [0.717, 1.165) is 19.4 Å². The number of hydrogen-bond acceptors (Lipinski definition) is 2. The maximum Gasteiger partial charge on any atom is 0.0702 e. The normalized spacial score (nSPS) is 25.7. The van der Waals surface area contributed by atoms with Gasteiger partial charge in [0, 0.05) is 22.8 Å². The largest absolute Gasteiger partial charge is 0.381 e. The van der Waals surface area contributed by atoms with Crippen LogP contribution in [0.4, 0.5) is 5.69 Å². The predicted octanol–water partition coefficient (Wildman–Crippen LogP) is 4.66. The molecule has 1 aliphatic carbocycles. The Morgan fingerprint density at radius 1 is 1.32 bits per heavy atom. The number of ether oxygens (including phenoxy) is 1. The third kappa shape index (κ3) is 2.97. The van der Waals surface area contributed by atoms with E-state index in [2.05, 4.69) is 46.4 Å². The topological polar surface area (TPSA) is 21.3 Å². The summed E-state index contributed by atoms with van der Waals surface area (Å²) >= 11 is 3.66. The third-order valence-corrected chi connectivity index (χ3v) is 5.15. The Hall–Kier alpha value is -0.540. The highest BCUT2D eigenvalue weighted by Gasteiger charge is 2.39. The zero-order valence-electron chi connectivity index (χ0n) is 11.5. The lowest BCUT2D eigenvalue weighted by molar-refractivity contribution is -0.0767. The number of rotatable bonds is 2. The fraction of sp³-hybridized carbons (Fsp3) is 0.625. The second kappa shape index (κ2) is 5.45. The molecule has 1 aromatic rings. The van der Waals surface area contributed by atoms with Crippen molar-refractivity contribution in [1.29, 1.82) is 0 Å². The van der Waals surface area contributed by atoms with E-state index in [9.17, 15) is 0 Å². The van der Waals surface area contributed by atoms with Crippen LogP contribution in [-0.4, -0.2) is 18.2 Å². The summed E-state index contributed by atoms with van der Waals surface area (Å²) in [6.07, 6.45) is 7.44. The van der Waals surface area contributed by atoms with E-state index in [1.165, 1.54) is 41.4 Å². The number of anilines is 1. The summed E-state index contributed by atoms with van der Waals surface area (Å²) < 4.78 is 7.26. The van der Waals surface area contributed by atoms with Crippen LogP contribution in [0.1, 0.15) is 44.1 Å². The molecule has 1 aliphatic heterocycles. The average molecular weight is 324 g/mol. The Morgan fingerprint density at radius 3 is 2.84 bits per heavy atom. The highest BCUT2D eigenvalue weighted by molar-refractivity contribution is 9.10. The molecule has 1 spiro atoms. The Morgan fingerprint density at radius 2 is 2.11 bits per heavy atom. The van der Waals surface area contributed by atoms with Gasteiger partial charge in [0.05, 0.1) is 5.60 Å². The average Bonchev–Trinajstić information content (AvgIpc) is 2.81. The lowest BCUT2D eigenvalue weighted by Crippen LogP contribution is -2.42. The summed E-state index contributed by atoms with van der Waals surface area (Å²) in [5.41, 5.74) is 2.69. The molecule has 1 N–H and O–H groups in total. The van der Waals surface area contributed by atoms with Crippen LogP contribution < -0.4 is 5.32 Å². The Kier molecular flexibility index (Phi) is 3.86. The summed E-state index contributed by atoms with van der Waals surface area (Å²) in [6, 6.07) is 7.06. The van der Waals surface area contributed by atoms with Gasteiger partial charge in [-0.2, -0.15) is 0 Å². The molecule has 3 rings (SSSR count). The van der Waals surface area contributed by atoms with Gasteiger partial charge in [-0.15, -0.1) is 0 Å². The van der Waals surface area contributed by atoms with Crippen molar-refractivity contribution in [2.24, 2.45) is 0 Å². The van der Waals surface area contributed by atoms with Crippen LogP contribution in [0.25, 0.3) is 0 Å². The quantitative estimate of drug-likeness (QED) is 0.854. The lowest BCUT2D eigenvalue weighted by Gasteiger charge is -2.39. The minimum absolute atomic E-state index is 0.188. The second-order valence-electron chi connectivity index (χ2n) is 6.06. The first-order valence-electron chi connectivity index (χ1n) is 7.34. The molecule has 2 fully saturated rings. The number of aryl methyl sites for hydroxylation is 1. The molecular weight excluding hydrogens is 302 g/mol. The highest BCUT2D eigenvalue weighted by Crippen LogP contribution is 2.41. The van der Waals surface area contributed by atoms with E-state index in [-0.39, 0.29) is 5.60 Å². The van der Waals surface area contributed by atoms with Crippen molar-refractivity contribution in [2.75, 3.05) is 11.9 Å². The smallest absolute Gasteiger partial charge is 0.0702 e. The molecule has 1 heterocycles.